The third-order valence-electron chi connectivity index (χ3n) is 6.43. The van der Waals surface area contributed by atoms with Crippen molar-refractivity contribution in [1.29, 1.82) is 0 Å². The van der Waals surface area contributed by atoms with Gasteiger partial charge < -0.3 is 4.42 Å². The average molecular weight is 437 g/mol. The first kappa shape index (κ1) is 20.9. The second kappa shape index (κ2) is 7.55. The Morgan fingerprint density at radius 1 is 0.879 bits per heavy atom. The van der Waals surface area contributed by atoms with Crippen LogP contribution in [0.3, 0.4) is 0 Å². The van der Waals surface area contributed by atoms with Gasteiger partial charge in [-0.05, 0) is 80.8 Å². The van der Waals surface area contributed by atoms with Gasteiger partial charge in [-0.15, -0.1) is 0 Å². The minimum atomic E-state index is -0.626. The Kier molecular flexibility index (Phi) is 4.78. The van der Waals surface area contributed by atoms with E-state index in [0.29, 0.717) is 27.8 Å². The SMILES string of the molecule is CC(=O)c1ccc(N2C(=O)c3oc4cc(C)c(C)cc4c(=O)c3C2c2ccc(C)cc2)cc1. The molecule has 0 saturated carbocycles. The normalized spacial score (nSPS) is 15.2. The molecule has 5 rings (SSSR count). The molecular weight excluding hydrogens is 414 g/mol. The van der Waals surface area contributed by atoms with E-state index in [4.69, 9.17) is 4.42 Å². The lowest BCUT2D eigenvalue weighted by molar-refractivity contribution is 0.0970. The Morgan fingerprint density at radius 2 is 1.52 bits per heavy atom. The molecule has 0 radical (unpaired) electrons. The van der Waals surface area contributed by atoms with Crippen LogP contribution in [0.4, 0.5) is 5.69 Å². The molecular formula is C28H23NO4. The standard InChI is InChI=1S/C28H23NO4/c1-15-5-7-20(8-6-15)25-24-26(31)22-13-16(2)17(3)14-23(22)33-27(24)28(32)29(25)21-11-9-19(10-12-21)18(4)30/h5-14,25H,1-4H3. The highest BCUT2D eigenvalue weighted by molar-refractivity contribution is 6.11. The molecule has 0 spiro atoms. The second-order valence-corrected chi connectivity index (χ2v) is 8.70. The maximum absolute atomic E-state index is 13.7. The van der Waals surface area contributed by atoms with Crippen LogP contribution in [-0.4, -0.2) is 11.7 Å². The van der Waals surface area contributed by atoms with Crippen molar-refractivity contribution in [3.63, 3.8) is 0 Å². The molecule has 0 N–H and O–H groups in total. The monoisotopic (exact) mass is 437 g/mol. The molecule has 5 nitrogen and oxygen atoms in total. The summed E-state index contributed by atoms with van der Waals surface area (Å²) in [6.45, 7) is 7.39. The molecule has 1 aliphatic rings. The number of amides is 1. The number of hydrogen-bond donors (Lipinski definition) is 0. The fraction of sp³-hybridized carbons (Fsp3) is 0.179. The van der Waals surface area contributed by atoms with Crippen molar-refractivity contribution >= 4 is 28.3 Å². The molecule has 2 heterocycles. The van der Waals surface area contributed by atoms with Crippen LogP contribution in [0, 0.1) is 20.8 Å². The first-order valence-corrected chi connectivity index (χ1v) is 10.9. The number of carbonyl (C=O) groups is 2. The highest BCUT2D eigenvalue weighted by Crippen LogP contribution is 2.41. The minimum Gasteiger partial charge on any atom is -0.450 e. The van der Waals surface area contributed by atoms with Crippen molar-refractivity contribution in [2.45, 2.75) is 33.7 Å². The van der Waals surface area contributed by atoms with Crippen LogP contribution >= 0.6 is 0 Å². The number of hydrogen-bond acceptors (Lipinski definition) is 4. The second-order valence-electron chi connectivity index (χ2n) is 8.70. The summed E-state index contributed by atoms with van der Waals surface area (Å²) in [6.07, 6.45) is 0. The van der Waals surface area contributed by atoms with Crippen LogP contribution in [0.25, 0.3) is 11.0 Å². The number of fused-ring (bicyclic) bond motifs is 2. The number of ketones is 1. The quantitative estimate of drug-likeness (QED) is 0.387. The van der Waals surface area contributed by atoms with Gasteiger partial charge in [0.15, 0.2) is 11.2 Å². The van der Waals surface area contributed by atoms with Gasteiger partial charge in [0.05, 0.1) is 17.0 Å². The number of rotatable bonds is 3. The highest BCUT2D eigenvalue weighted by atomic mass is 16.3. The van der Waals surface area contributed by atoms with Crippen LogP contribution < -0.4 is 10.3 Å². The Bertz CT molecular complexity index is 1490. The van der Waals surface area contributed by atoms with E-state index in [-0.39, 0.29) is 22.9 Å². The highest BCUT2D eigenvalue weighted by Gasteiger charge is 2.43. The lowest BCUT2D eigenvalue weighted by Crippen LogP contribution is -2.29. The van der Waals surface area contributed by atoms with Gasteiger partial charge in [0.25, 0.3) is 5.91 Å². The molecule has 0 aliphatic carbocycles. The van der Waals surface area contributed by atoms with Crippen LogP contribution in [-0.2, 0) is 0 Å². The molecule has 4 aromatic rings. The molecule has 164 valence electrons. The van der Waals surface area contributed by atoms with Gasteiger partial charge in [-0.1, -0.05) is 29.8 Å². The largest absolute Gasteiger partial charge is 0.450 e. The van der Waals surface area contributed by atoms with Crippen molar-refractivity contribution in [3.8, 4) is 0 Å². The van der Waals surface area contributed by atoms with E-state index < -0.39 is 6.04 Å². The van der Waals surface area contributed by atoms with Crippen molar-refractivity contribution in [2.75, 3.05) is 4.90 Å². The van der Waals surface area contributed by atoms with Gasteiger partial charge in [0.2, 0.25) is 5.76 Å². The Balaban J connectivity index is 1.78. The molecule has 5 heteroatoms. The predicted octanol–water partition coefficient (Wildman–Crippen LogP) is 5.67. The van der Waals surface area contributed by atoms with Gasteiger partial charge in [-0.25, -0.2) is 0 Å². The molecule has 0 bridgehead atoms. The van der Waals surface area contributed by atoms with Crippen LogP contribution in [0.2, 0.25) is 0 Å². The fourth-order valence-corrected chi connectivity index (χ4v) is 4.42. The molecule has 1 amide bonds. The zero-order valence-electron chi connectivity index (χ0n) is 18.9. The average Bonchev–Trinajstić information content (AvgIpc) is 3.08. The van der Waals surface area contributed by atoms with Gasteiger partial charge >= 0.3 is 0 Å². The lowest BCUT2D eigenvalue weighted by atomic mass is 9.96. The van der Waals surface area contributed by atoms with Crippen molar-refractivity contribution in [1.82, 2.24) is 0 Å². The number of carbonyl (C=O) groups excluding carboxylic acids is 2. The molecule has 1 aliphatic heterocycles. The molecule has 1 atom stereocenters. The summed E-state index contributed by atoms with van der Waals surface area (Å²) >= 11 is 0. The van der Waals surface area contributed by atoms with Crippen molar-refractivity contribution < 1.29 is 14.0 Å². The van der Waals surface area contributed by atoms with E-state index in [1.165, 1.54) is 6.92 Å². The summed E-state index contributed by atoms with van der Waals surface area (Å²) < 4.78 is 6.08. The summed E-state index contributed by atoms with van der Waals surface area (Å²) in [5.41, 5.74) is 5.58. The van der Waals surface area contributed by atoms with Crippen LogP contribution in [0.15, 0.2) is 69.9 Å². The zero-order chi connectivity index (χ0) is 23.4. The first-order valence-electron chi connectivity index (χ1n) is 10.9. The van der Waals surface area contributed by atoms with E-state index in [2.05, 4.69) is 0 Å². The minimum absolute atomic E-state index is 0.0542. The summed E-state index contributed by atoms with van der Waals surface area (Å²) in [7, 11) is 0. The van der Waals surface area contributed by atoms with Crippen molar-refractivity contribution in [2.24, 2.45) is 0 Å². The third kappa shape index (κ3) is 3.28. The van der Waals surface area contributed by atoms with Gasteiger partial charge in [0.1, 0.15) is 5.58 Å². The molecule has 33 heavy (non-hydrogen) atoms. The molecule has 1 aromatic heterocycles. The summed E-state index contributed by atoms with van der Waals surface area (Å²) in [5.74, 6) is -0.359. The Labute approximate surface area is 191 Å². The summed E-state index contributed by atoms with van der Waals surface area (Å²) in [6, 6.07) is 17.7. The topological polar surface area (TPSA) is 67.6 Å². The molecule has 0 fully saturated rings. The zero-order valence-corrected chi connectivity index (χ0v) is 18.9. The Hall–Kier alpha value is -3.99. The number of nitrogens with zero attached hydrogens (tertiary/aromatic N) is 1. The molecule has 3 aromatic carbocycles. The summed E-state index contributed by atoms with van der Waals surface area (Å²) in [5, 5.41) is 0.468. The van der Waals surface area contributed by atoms with E-state index in [9.17, 15) is 14.4 Å². The van der Waals surface area contributed by atoms with Crippen LogP contribution in [0.1, 0.15) is 61.7 Å². The molecule has 0 saturated heterocycles. The van der Waals surface area contributed by atoms with Gasteiger partial charge in [-0.2, -0.15) is 0 Å². The number of Topliss-reactive ketones (excluding diaryl/α,β-unsaturated/α-hetero) is 1. The lowest BCUT2D eigenvalue weighted by Gasteiger charge is -2.25. The number of benzene rings is 3. The van der Waals surface area contributed by atoms with E-state index in [1.807, 2.05) is 57.2 Å². The smallest absolute Gasteiger partial charge is 0.295 e. The van der Waals surface area contributed by atoms with Crippen LogP contribution in [0.5, 0.6) is 0 Å². The Morgan fingerprint density at radius 3 is 2.15 bits per heavy atom. The van der Waals surface area contributed by atoms with E-state index in [0.717, 1.165) is 22.3 Å². The fourth-order valence-electron chi connectivity index (χ4n) is 4.42. The maximum Gasteiger partial charge on any atom is 0.295 e. The maximum atomic E-state index is 13.7. The first-order chi connectivity index (χ1) is 15.8. The third-order valence-corrected chi connectivity index (χ3v) is 6.43. The number of anilines is 1. The number of aryl methyl sites for hydroxylation is 3. The van der Waals surface area contributed by atoms with Gasteiger partial charge in [-0.3, -0.25) is 19.3 Å². The van der Waals surface area contributed by atoms with E-state index >= 15 is 0 Å². The van der Waals surface area contributed by atoms with Gasteiger partial charge in [0, 0.05) is 11.3 Å². The van der Waals surface area contributed by atoms with E-state index in [1.54, 1.807) is 29.2 Å². The molecule has 1 unspecified atom stereocenters. The predicted molar refractivity (Wildman–Crippen MR) is 128 cm³/mol. The summed E-state index contributed by atoms with van der Waals surface area (Å²) in [4.78, 5) is 40.7. The van der Waals surface area contributed by atoms with Crippen molar-refractivity contribution in [3.05, 3.63) is 110 Å².